The van der Waals surface area contributed by atoms with E-state index in [1.165, 1.54) is 48.5 Å². The highest BCUT2D eigenvalue weighted by Crippen LogP contribution is 2.37. The summed E-state index contributed by atoms with van der Waals surface area (Å²) in [6.07, 6.45) is 0. The molecule has 3 aromatic rings. The van der Waals surface area contributed by atoms with Crippen LogP contribution in [0.3, 0.4) is 0 Å². The Morgan fingerprint density at radius 3 is 1.15 bits per heavy atom. The van der Waals surface area contributed by atoms with E-state index < -0.39 is 44.9 Å². The lowest BCUT2D eigenvalue weighted by atomic mass is 10.3. The minimum absolute atomic E-state index is 0.333. The Labute approximate surface area is 158 Å². The average Bonchev–Trinajstić information content (AvgIpc) is 2.64. The molecule has 0 N–H and O–H groups in total. The Morgan fingerprint density at radius 2 is 0.808 bits per heavy atom. The van der Waals surface area contributed by atoms with Crippen molar-refractivity contribution < 1.29 is 22.0 Å². The summed E-state index contributed by atoms with van der Waals surface area (Å²) in [5.41, 5.74) is 0. The van der Waals surface area contributed by atoms with Gasteiger partial charge in [0.05, 0.1) is 0 Å². The summed E-state index contributed by atoms with van der Waals surface area (Å²) in [7, 11) is -1.60. The monoisotopic (exact) mass is 421 g/mol. The van der Waals surface area contributed by atoms with E-state index in [2.05, 4.69) is 0 Å². The lowest BCUT2D eigenvalue weighted by Crippen LogP contribution is -2.14. The van der Waals surface area contributed by atoms with E-state index in [4.69, 9.17) is 23.2 Å². The van der Waals surface area contributed by atoms with Gasteiger partial charge < -0.3 is 0 Å². The molecule has 0 nitrogen and oxygen atoms in total. The summed E-state index contributed by atoms with van der Waals surface area (Å²) < 4.78 is 69.7. The molecule has 0 bridgehead atoms. The van der Waals surface area contributed by atoms with Crippen molar-refractivity contribution in [2.45, 2.75) is 14.7 Å². The van der Waals surface area contributed by atoms with Gasteiger partial charge >= 0.3 is 0 Å². The highest BCUT2D eigenvalue weighted by Gasteiger charge is 2.40. The van der Waals surface area contributed by atoms with Crippen LogP contribution in [0.2, 0.25) is 10.0 Å². The largest absolute Gasteiger partial charge is 0.243 e. The van der Waals surface area contributed by atoms with E-state index in [9.17, 15) is 22.0 Å². The lowest BCUT2D eigenvalue weighted by Gasteiger charge is -2.11. The quantitative estimate of drug-likeness (QED) is 0.189. The number of halogens is 7. The predicted octanol–water partition coefficient (Wildman–Crippen LogP) is 6.78. The molecule has 0 fully saturated rings. The average molecular weight is 422 g/mol. The summed E-state index contributed by atoms with van der Waals surface area (Å²) in [6, 6.07) is 11.8. The Bertz CT molecular complexity index is 884. The number of benzene rings is 3. The molecule has 0 aliphatic heterocycles. The summed E-state index contributed by atoms with van der Waals surface area (Å²) in [4.78, 5) is -0.245. The zero-order valence-corrected chi connectivity index (χ0v) is 15.0. The van der Waals surface area contributed by atoms with Crippen molar-refractivity contribution in [2.24, 2.45) is 0 Å². The first kappa shape index (κ1) is 19.0. The molecule has 0 saturated heterocycles. The minimum atomic E-state index is -2.19. The van der Waals surface area contributed by atoms with Crippen molar-refractivity contribution in [3.8, 4) is 0 Å². The third kappa shape index (κ3) is 3.41. The van der Waals surface area contributed by atoms with Crippen LogP contribution in [0.1, 0.15) is 0 Å². The van der Waals surface area contributed by atoms with Gasteiger partial charge in [0.25, 0.3) is 0 Å². The third-order valence-electron chi connectivity index (χ3n) is 3.47. The molecule has 0 saturated carbocycles. The first-order valence-electron chi connectivity index (χ1n) is 7.08. The zero-order valence-electron chi connectivity index (χ0n) is 12.7. The fraction of sp³-hybridized carbons (Fsp3) is 0. The predicted molar refractivity (Wildman–Crippen MR) is 91.3 cm³/mol. The van der Waals surface area contributed by atoms with Gasteiger partial charge in [-0.2, -0.15) is 8.78 Å². The Hall–Kier alpha value is -1.76. The van der Waals surface area contributed by atoms with Crippen LogP contribution >= 0.6 is 23.2 Å². The molecule has 134 valence electrons. The highest BCUT2D eigenvalue weighted by molar-refractivity contribution is 7.97. The smallest absolute Gasteiger partial charge is 0.200 e. The molecule has 0 atom stereocenters. The van der Waals surface area contributed by atoms with E-state index in [1.807, 2.05) is 0 Å². The zero-order chi connectivity index (χ0) is 19.0. The number of rotatable bonds is 3. The van der Waals surface area contributed by atoms with Gasteiger partial charge in [0.2, 0.25) is 34.0 Å². The first-order valence-corrected chi connectivity index (χ1v) is 9.06. The fourth-order valence-corrected chi connectivity index (χ4v) is 4.63. The maximum atomic E-state index is 14.4. The van der Waals surface area contributed by atoms with Gasteiger partial charge in [-0.05, 0) is 48.5 Å². The number of hydrogen-bond donors (Lipinski definition) is 0. The van der Waals surface area contributed by atoms with Crippen molar-refractivity contribution >= 4 is 34.1 Å². The van der Waals surface area contributed by atoms with E-state index in [1.54, 1.807) is 0 Å². The second kappa shape index (κ2) is 7.47. The normalized spacial score (nSPS) is 11.2. The maximum absolute atomic E-state index is 14.4. The Kier molecular flexibility index (Phi) is 5.46. The highest BCUT2D eigenvalue weighted by atomic mass is 35.5. The molecule has 8 heteroatoms. The summed E-state index contributed by atoms with van der Waals surface area (Å²) in [5.74, 6) is -9.90. The molecule has 0 unspecified atom stereocenters. The molecule has 0 heterocycles. The molecule has 26 heavy (non-hydrogen) atoms. The lowest BCUT2D eigenvalue weighted by molar-refractivity contribution is 0.360. The van der Waals surface area contributed by atoms with E-state index in [0.717, 1.165) is 0 Å². The second-order valence-corrected chi connectivity index (χ2v) is 7.95. The molecular formula is C18H8Cl2F5S+. The van der Waals surface area contributed by atoms with Crippen molar-refractivity contribution in [3.63, 3.8) is 0 Å². The van der Waals surface area contributed by atoms with Gasteiger partial charge in [-0.15, -0.1) is 0 Å². The van der Waals surface area contributed by atoms with Crippen LogP contribution in [0.15, 0.2) is 63.2 Å². The van der Waals surface area contributed by atoms with Crippen molar-refractivity contribution in [2.75, 3.05) is 0 Å². The third-order valence-corrected chi connectivity index (χ3v) is 6.23. The summed E-state index contributed by atoms with van der Waals surface area (Å²) >= 11 is 11.7. The van der Waals surface area contributed by atoms with Crippen molar-refractivity contribution in [1.29, 1.82) is 0 Å². The molecule has 0 radical (unpaired) electrons. The molecular weight excluding hydrogens is 414 g/mol. The van der Waals surface area contributed by atoms with Crippen LogP contribution in [0.5, 0.6) is 0 Å². The number of hydrogen-bond acceptors (Lipinski definition) is 0. The minimum Gasteiger partial charge on any atom is -0.200 e. The second-order valence-electron chi connectivity index (χ2n) is 5.11. The van der Waals surface area contributed by atoms with Crippen LogP contribution < -0.4 is 0 Å². The first-order chi connectivity index (χ1) is 12.3. The van der Waals surface area contributed by atoms with Gasteiger partial charge in [-0.3, -0.25) is 0 Å². The topological polar surface area (TPSA) is 0 Å². The van der Waals surface area contributed by atoms with Crippen LogP contribution in [0.25, 0.3) is 0 Å². The summed E-state index contributed by atoms with van der Waals surface area (Å²) in [6.45, 7) is 0. The van der Waals surface area contributed by atoms with Crippen LogP contribution in [-0.4, -0.2) is 0 Å². The fourth-order valence-electron chi connectivity index (χ4n) is 2.28. The molecule has 0 amide bonds. The van der Waals surface area contributed by atoms with Crippen LogP contribution in [-0.2, 0) is 10.9 Å². The molecule has 3 aromatic carbocycles. The summed E-state index contributed by atoms with van der Waals surface area (Å²) in [5, 5.41) is 0.733. The van der Waals surface area contributed by atoms with Crippen molar-refractivity contribution in [3.05, 3.63) is 87.7 Å². The van der Waals surface area contributed by atoms with Gasteiger partial charge in [-0.1, -0.05) is 23.2 Å². The van der Waals surface area contributed by atoms with Crippen LogP contribution in [0, 0.1) is 29.1 Å². The maximum Gasteiger partial charge on any atom is 0.243 e. The van der Waals surface area contributed by atoms with E-state index >= 15 is 0 Å². The van der Waals surface area contributed by atoms with Gasteiger partial charge in [0.15, 0.2) is 9.79 Å². The SMILES string of the molecule is Fc1c(F)c(F)c([S+](c2ccc(Cl)cc2)c2ccc(Cl)cc2)c(F)c1F. The van der Waals surface area contributed by atoms with Crippen molar-refractivity contribution in [1.82, 2.24) is 0 Å². The van der Waals surface area contributed by atoms with E-state index in [0.29, 0.717) is 19.8 Å². The van der Waals surface area contributed by atoms with Gasteiger partial charge in [0.1, 0.15) is 10.9 Å². The van der Waals surface area contributed by atoms with Gasteiger partial charge in [0, 0.05) is 10.0 Å². The molecule has 3 rings (SSSR count). The van der Waals surface area contributed by atoms with E-state index in [-0.39, 0.29) is 0 Å². The Balaban J connectivity index is 2.32. The molecule has 0 spiro atoms. The van der Waals surface area contributed by atoms with Crippen LogP contribution in [0.4, 0.5) is 22.0 Å². The molecule has 0 aliphatic rings. The molecule has 0 aliphatic carbocycles. The molecule has 0 aromatic heterocycles. The van der Waals surface area contributed by atoms with Gasteiger partial charge in [-0.25, -0.2) is 13.2 Å². The Morgan fingerprint density at radius 1 is 0.500 bits per heavy atom. The standard InChI is InChI=1S/C18H8Cl2F5S/c19-9-1-5-11(6-2-9)26(12-7-3-10(20)4-8-12)18-16(24)14(22)13(21)15(23)17(18)25/h1-8H/q+1.